The van der Waals surface area contributed by atoms with Crippen molar-refractivity contribution in [3.05, 3.63) is 63.1 Å². The molecule has 2 amide bonds. The standard InChI is InChI=1S/C31H41Cl2N3O6/c1-2-28(39)35-15-7-4-3-6-13-34-14-8-5-11-22(31(41)42)19-27(38)29-25(32)17-23(18-26(29)33)30(40)36-20-21-10-9-12-24(37)16-21/h9-10,12,16-18,22,34,37H,2-8,11,13-15,19-20H2,1H3,(H,35,39)(H,36,40)(H,41,42)/t22-/m1/s1. The van der Waals surface area contributed by atoms with Crippen LogP contribution in [0.2, 0.25) is 10.0 Å². The summed E-state index contributed by atoms with van der Waals surface area (Å²) in [6.45, 7) is 4.36. The Bertz CT molecular complexity index is 1180. The van der Waals surface area contributed by atoms with E-state index in [9.17, 15) is 29.4 Å². The van der Waals surface area contributed by atoms with Crippen molar-refractivity contribution >= 4 is 46.8 Å². The van der Waals surface area contributed by atoms with Crippen LogP contribution in [-0.2, 0) is 16.1 Å². The molecule has 0 bridgehead atoms. The van der Waals surface area contributed by atoms with Gasteiger partial charge in [-0.25, -0.2) is 0 Å². The van der Waals surface area contributed by atoms with Crippen molar-refractivity contribution in [2.24, 2.45) is 5.92 Å². The van der Waals surface area contributed by atoms with Gasteiger partial charge in [0.25, 0.3) is 5.91 Å². The third kappa shape index (κ3) is 12.8. The topological polar surface area (TPSA) is 145 Å². The molecule has 0 fully saturated rings. The highest BCUT2D eigenvalue weighted by Gasteiger charge is 2.25. The van der Waals surface area contributed by atoms with E-state index in [-0.39, 0.29) is 45.8 Å². The minimum atomic E-state index is -1.05. The summed E-state index contributed by atoms with van der Waals surface area (Å²) in [5.41, 5.74) is 0.859. The lowest BCUT2D eigenvalue weighted by molar-refractivity contribution is -0.142. The highest BCUT2D eigenvalue weighted by atomic mass is 35.5. The maximum Gasteiger partial charge on any atom is 0.306 e. The third-order valence-corrected chi connectivity index (χ3v) is 7.40. The number of rotatable bonds is 20. The van der Waals surface area contributed by atoms with Crippen LogP contribution >= 0.6 is 23.2 Å². The molecule has 2 aromatic rings. The molecule has 0 saturated heterocycles. The van der Waals surface area contributed by atoms with E-state index in [1.54, 1.807) is 12.1 Å². The van der Waals surface area contributed by atoms with Gasteiger partial charge in [0.05, 0.1) is 21.5 Å². The first-order chi connectivity index (χ1) is 20.1. The zero-order chi connectivity index (χ0) is 30.9. The number of amides is 2. The Kier molecular flexibility index (Phi) is 16.0. The summed E-state index contributed by atoms with van der Waals surface area (Å²) in [5, 5.41) is 28.1. The van der Waals surface area contributed by atoms with E-state index in [0.717, 1.165) is 51.7 Å². The van der Waals surface area contributed by atoms with Gasteiger partial charge in [-0.3, -0.25) is 19.2 Å². The molecule has 0 spiro atoms. The van der Waals surface area contributed by atoms with Gasteiger partial charge in [0.2, 0.25) is 5.91 Å². The first kappa shape index (κ1) is 35.1. The third-order valence-electron chi connectivity index (χ3n) is 6.81. The number of Topliss-reactive ketones (excluding diaryl/α,β-unsaturated/α-hetero) is 1. The normalized spacial score (nSPS) is 11.6. The van der Waals surface area contributed by atoms with Gasteiger partial charge in [-0.05, 0) is 68.6 Å². The fourth-order valence-corrected chi connectivity index (χ4v) is 5.11. The van der Waals surface area contributed by atoms with Crippen molar-refractivity contribution in [1.82, 2.24) is 16.0 Å². The van der Waals surface area contributed by atoms with Crippen LogP contribution in [-0.4, -0.2) is 53.4 Å². The van der Waals surface area contributed by atoms with Crippen LogP contribution in [0, 0.1) is 5.92 Å². The Balaban J connectivity index is 1.74. The maximum atomic E-state index is 13.0. The predicted molar refractivity (Wildman–Crippen MR) is 164 cm³/mol. The highest BCUT2D eigenvalue weighted by molar-refractivity contribution is 6.40. The predicted octanol–water partition coefficient (Wildman–Crippen LogP) is 5.75. The fraction of sp³-hybridized carbons (Fsp3) is 0.484. The molecular weight excluding hydrogens is 581 g/mol. The average molecular weight is 623 g/mol. The number of carbonyl (C=O) groups is 4. The van der Waals surface area contributed by atoms with Crippen molar-refractivity contribution in [2.75, 3.05) is 19.6 Å². The number of halogens is 2. The van der Waals surface area contributed by atoms with Crippen LogP contribution in [0.1, 0.15) is 91.0 Å². The number of benzene rings is 2. The minimum absolute atomic E-state index is 0.00326. The molecule has 0 unspecified atom stereocenters. The lowest BCUT2D eigenvalue weighted by Gasteiger charge is -2.14. The van der Waals surface area contributed by atoms with E-state index >= 15 is 0 Å². The average Bonchev–Trinajstić information content (AvgIpc) is 2.95. The van der Waals surface area contributed by atoms with Gasteiger partial charge in [-0.2, -0.15) is 0 Å². The van der Waals surface area contributed by atoms with Crippen LogP contribution in [0.4, 0.5) is 0 Å². The monoisotopic (exact) mass is 621 g/mol. The van der Waals surface area contributed by atoms with E-state index < -0.39 is 23.6 Å². The SMILES string of the molecule is CCC(=O)NCCCCCCNCCCC[C@H](CC(=O)c1c(Cl)cc(C(=O)NCc2cccc(O)c2)cc1Cl)C(=O)O. The van der Waals surface area contributed by atoms with E-state index in [1.807, 2.05) is 6.92 Å². The Hall–Kier alpha value is -3.14. The first-order valence-corrected chi connectivity index (χ1v) is 15.2. The van der Waals surface area contributed by atoms with Crippen LogP contribution in [0.5, 0.6) is 5.75 Å². The van der Waals surface area contributed by atoms with Gasteiger partial charge in [-0.15, -0.1) is 0 Å². The molecule has 0 aromatic heterocycles. The second-order valence-electron chi connectivity index (χ2n) is 10.2. The van der Waals surface area contributed by atoms with Crippen LogP contribution < -0.4 is 16.0 Å². The molecule has 0 saturated carbocycles. The Morgan fingerprint density at radius 2 is 1.50 bits per heavy atom. The molecule has 9 nitrogen and oxygen atoms in total. The maximum absolute atomic E-state index is 13.0. The number of carbonyl (C=O) groups excluding carboxylic acids is 3. The molecule has 0 aliphatic rings. The Morgan fingerprint density at radius 3 is 2.12 bits per heavy atom. The summed E-state index contributed by atoms with van der Waals surface area (Å²) in [4.78, 5) is 48.6. The molecule has 0 aliphatic carbocycles. The molecule has 0 heterocycles. The quantitative estimate of drug-likeness (QED) is 0.0934. The zero-order valence-corrected chi connectivity index (χ0v) is 25.5. The Labute approximate surface area is 257 Å². The highest BCUT2D eigenvalue weighted by Crippen LogP contribution is 2.30. The summed E-state index contributed by atoms with van der Waals surface area (Å²) in [7, 11) is 0. The zero-order valence-electron chi connectivity index (χ0n) is 24.0. The molecule has 2 rings (SSSR count). The molecule has 230 valence electrons. The number of nitrogens with one attached hydrogen (secondary N) is 3. The second kappa shape index (κ2) is 19.1. The lowest BCUT2D eigenvalue weighted by Crippen LogP contribution is -2.23. The molecule has 11 heteroatoms. The molecule has 1 atom stereocenters. The summed E-state index contributed by atoms with van der Waals surface area (Å²) >= 11 is 12.7. The molecular formula is C31H41Cl2N3O6. The van der Waals surface area contributed by atoms with Crippen molar-refractivity contribution in [3.8, 4) is 5.75 Å². The Morgan fingerprint density at radius 1 is 0.857 bits per heavy atom. The number of unbranched alkanes of at least 4 members (excludes halogenated alkanes) is 4. The fourth-order valence-electron chi connectivity index (χ4n) is 4.41. The van der Waals surface area contributed by atoms with Gasteiger partial charge in [0, 0.05) is 31.5 Å². The van der Waals surface area contributed by atoms with E-state index in [4.69, 9.17) is 23.2 Å². The van der Waals surface area contributed by atoms with E-state index in [0.29, 0.717) is 24.8 Å². The summed E-state index contributed by atoms with van der Waals surface area (Å²) in [6.07, 6.45) is 6.18. The van der Waals surface area contributed by atoms with Gasteiger partial charge in [0.1, 0.15) is 5.75 Å². The smallest absolute Gasteiger partial charge is 0.306 e. The lowest BCUT2D eigenvalue weighted by atomic mass is 9.93. The van der Waals surface area contributed by atoms with Crippen molar-refractivity contribution < 1.29 is 29.4 Å². The number of hydrogen-bond donors (Lipinski definition) is 5. The number of phenolic OH excluding ortho intramolecular Hbond substituents is 1. The molecule has 42 heavy (non-hydrogen) atoms. The van der Waals surface area contributed by atoms with Crippen molar-refractivity contribution in [2.45, 2.75) is 71.3 Å². The number of aliphatic carboxylic acids is 1. The largest absolute Gasteiger partial charge is 0.508 e. The van der Waals surface area contributed by atoms with E-state index in [1.165, 1.54) is 24.3 Å². The summed E-state index contributed by atoms with van der Waals surface area (Å²) < 4.78 is 0. The van der Waals surface area contributed by atoms with Crippen molar-refractivity contribution in [3.63, 3.8) is 0 Å². The summed E-state index contributed by atoms with van der Waals surface area (Å²) in [5.74, 6) is -2.71. The molecule has 5 N–H and O–H groups in total. The number of carboxylic acid groups (broad SMARTS) is 1. The van der Waals surface area contributed by atoms with Gasteiger partial charge < -0.3 is 26.2 Å². The second-order valence-corrected chi connectivity index (χ2v) is 11.0. The first-order valence-electron chi connectivity index (χ1n) is 14.4. The van der Waals surface area contributed by atoms with Crippen molar-refractivity contribution in [1.29, 1.82) is 0 Å². The van der Waals surface area contributed by atoms with Crippen LogP contribution in [0.3, 0.4) is 0 Å². The number of carboxylic acids is 1. The van der Waals surface area contributed by atoms with Gasteiger partial charge >= 0.3 is 5.97 Å². The minimum Gasteiger partial charge on any atom is -0.508 e. The molecule has 0 radical (unpaired) electrons. The van der Waals surface area contributed by atoms with E-state index in [2.05, 4.69) is 16.0 Å². The van der Waals surface area contributed by atoms with Crippen LogP contribution in [0.25, 0.3) is 0 Å². The van der Waals surface area contributed by atoms with Crippen LogP contribution in [0.15, 0.2) is 36.4 Å². The number of ketones is 1. The molecule has 0 aliphatic heterocycles. The molecule has 2 aromatic carbocycles. The number of phenols is 1. The van der Waals surface area contributed by atoms with Gasteiger partial charge in [0.15, 0.2) is 5.78 Å². The van der Waals surface area contributed by atoms with Gasteiger partial charge in [-0.1, -0.05) is 61.5 Å². The number of aromatic hydroxyl groups is 1. The number of hydrogen-bond acceptors (Lipinski definition) is 6. The summed E-state index contributed by atoms with van der Waals surface area (Å²) in [6, 6.07) is 9.14.